The van der Waals surface area contributed by atoms with E-state index in [1.807, 2.05) is 12.1 Å². The Bertz CT molecular complexity index is 847. The van der Waals surface area contributed by atoms with Crippen LogP contribution < -0.4 is 10.6 Å². The van der Waals surface area contributed by atoms with Gasteiger partial charge in [-0.3, -0.25) is 9.78 Å². The summed E-state index contributed by atoms with van der Waals surface area (Å²) in [4.78, 5) is 24.9. The number of nitrogens with one attached hydrogen (secondary N) is 2. The molecule has 0 fully saturated rings. The first-order chi connectivity index (χ1) is 11.6. The maximum Gasteiger partial charge on any atom is 0.275 e. The first-order valence-corrected chi connectivity index (χ1v) is 7.33. The van der Waals surface area contributed by atoms with Crippen molar-refractivity contribution < 1.29 is 9.32 Å². The van der Waals surface area contributed by atoms with Crippen LogP contribution in [0.3, 0.4) is 0 Å². The molecule has 2 N–H and O–H groups in total. The highest BCUT2D eigenvalue weighted by atomic mass is 16.5. The summed E-state index contributed by atoms with van der Waals surface area (Å²) >= 11 is 0. The van der Waals surface area contributed by atoms with E-state index in [-0.39, 0.29) is 11.6 Å². The molecule has 0 aromatic carbocycles. The Morgan fingerprint density at radius 3 is 2.83 bits per heavy atom. The summed E-state index contributed by atoms with van der Waals surface area (Å²) in [5.41, 5.74) is 1.92. The Morgan fingerprint density at radius 1 is 1.25 bits per heavy atom. The zero-order valence-electron chi connectivity index (χ0n) is 13.3. The minimum Gasteiger partial charge on any atom is -0.360 e. The lowest BCUT2D eigenvalue weighted by atomic mass is 10.3. The summed E-state index contributed by atoms with van der Waals surface area (Å²) < 4.78 is 4.92. The predicted molar refractivity (Wildman–Crippen MR) is 87.5 cm³/mol. The molecule has 0 atom stereocenters. The van der Waals surface area contributed by atoms with Crippen molar-refractivity contribution in [2.45, 2.75) is 20.4 Å². The molecule has 0 aliphatic heterocycles. The molecule has 122 valence electrons. The van der Waals surface area contributed by atoms with Gasteiger partial charge in [-0.05, 0) is 31.5 Å². The van der Waals surface area contributed by atoms with Crippen LogP contribution in [-0.4, -0.2) is 26.0 Å². The topological polar surface area (TPSA) is 106 Å². The van der Waals surface area contributed by atoms with Gasteiger partial charge in [-0.15, -0.1) is 0 Å². The average molecular weight is 324 g/mol. The lowest BCUT2D eigenvalue weighted by Crippen LogP contribution is -2.16. The highest BCUT2D eigenvalue weighted by Gasteiger charge is 2.13. The molecule has 3 aromatic rings. The van der Waals surface area contributed by atoms with Gasteiger partial charge in [0.05, 0.1) is 0 Å². The number of pyridine rings is 1. The van der Waals surface area contributed by atoms with Crippen LogP contribution in [-0.2, 0) is 6.54 Å². The fourth-order valence-corrected chi connectivity index (χ4v) is 2.05. The maximum atomic E-state index is 12.3. The third-order valence-electron chi connectivity index (χ3n) is 3.13. The van der Waals surface area contributed by atoms with Crippen molar-refractivity contribution >= 4 is 17.7 Å². The lowest BCUT2D eigenvalue weighted by Gasteiger charge is -2.08. The number of rotatable bonds is 5. The molecule has 8 heteroatoms. The third-order valence-corrected chi connectivity index (χ3v) is 3.13. The van der Waals surface area contributed by atoms with Crippen molar-refractivity contribution in [1.29, 1.82) is 0 Å². The summed E-state index contributed by atoms with van der Waals surface area (Å²) in [7, 11) is 0. The molecule has 0 bridgehead atoms. The molecular formula is C16H16N6O2. The number of carbonyl (C=O) groups is 1. The van der Waals surface area contributed by atoms with Gasteiger partial charge in [0.1, 0.15) is 11.5 Å². The molecular weight excluding hydrogens is 308 g/mol. The minimum atomic E-state index is -0.377. The number of aromatic nitrogens is 4. The Hall–Kier alpha value is -3.29. The van der Waals surface area contributed by atoms with Crippen LogP contribution in [0.25, 0.3) is 0 Å². The van der Waals surface area contributed by atoms with E-state index in [0.717, 1.165) is 5.56 Å². The van der Waals surface area contributed by atoms with Gasteiger partial charge in [-0.25, -0.2) is 9.97 Å². The summed E-state index contributed by atoms with van der Waals surface area (Å²) in [5.74, 6) is 0.959. The highest BCUT2D eigenvalue weighted by molar-refractivity contribution is 6.02. The quantitative estimate of drug-likeness (QED) is 0.742. The largest absolute Gasteiger partial charge is 0.360 e. The number of nitrogens with zero attached hydrogens (tertiary/aromatic N) is 4. The molecule has 1 amide bonds. The van der Waals surface area contributed by atoms with Gasteiger partial charge in [0, 0.05) is 30.7 Å². The van der Waals surface area contributed by atoms with E-state index in [4.69, 9.17) is 4.52 Å². The Kier molecular flexibility index (Phi) is 4.46. The predicted octanol–water partition coefficient (Wildman–Crippen LogP) is 2.34. The van der Waals surface area contributed by atoms with Crippen LogP contribution in [0.4, 0.5) is 11.8 Å². The number of anilines is 2. The smallest absolute Gasteiger partial charge is 0.275 e. The molecule has 0 aliphatic rings. The second-order valence-corrected chi connectivity index (χ2v) is 5.21. The zero-order chi connectivity index (χ0) is 16.9. The molecule has 24 heavy (non-hydrogen) atoms. The van der Waals surface area contributed by atoms with Crippen LogP contribution in [0, 0.1) is 13.8 Å². The van der Waals surface area contributed by atoms with Gasteiger partial charge in [-0.1, -0.05) is 11.2 Å². The average Bonchev–Trinajstić information content (AvgIpc) is 2.98. The Labute approximate surface area is 138 Å². The number of hydrogen-bond donors (Lipinski definition) is 2. The van der Waals surface area contributed by atoms with Gasteiger partial charge in [0.15, 0.2) is 5.82 Å². The van der Waals surface area contributed by atoms with E-state index in [1.54, 1.807) is 38.4 Å². The van der Waals surface area contributed by atoms with Gasteiger partial charge in [0.2, 0.25) is 5.95 Å². The van der Waals surface area contributed by atoms with Crippen molar-refractivity contribution in [1.82, 2.24) is 20.1 Å². The Balaban J connectivity index is 1.72. The van der Waals surface area contributed by atoms with Gasteiger partial charge >= 0.3 is 0 Å². The van der Waals surface area contributed by atoms with Crippen molar-refractivity contribution in [3.05, 3.63) is 59.4 Å². The van der Waals surface area contributed by atoms with E-state index in [1.165, 1.54) is 0 Å². The maximum absolute atomic E-state index is 12.3. The van der Waals surface area contributed by atoms with Crippen LogP contribution in [0.2, 0.25) is 0 Å². The van der Waals surface area contributed by atoms with Crippen LogP contribution >= 0.6 is 0 Å². The fraction of sp³-hybridized carbons (Fsp3) is 0.188. The van der Waals surface area contributed by atoms with Crippen molar-refractivity contribution in [2.75, 3.05) is 10.6 Å². The molecule has 3 heterocycles. The fourth-order valence-electron chi connectivity index (χ4n) is 2.05. The highest BCUT2D eigenvalue weighted by Crippen LogP contribution is 2.11. The summed E-state index contributed by atoms with van der Waals surface area (Å²) in [6.07, 6.45) is 3.46. The summed E-state index contributed by atoms with van der Waals surface area (Å²) in [6, 6.07) is 7.04. The first-order valence-electron chi connectivity index (χ1n) is 7.33. The number of aryl methyl sites for hydroxylation is 2. The molecule has 0 radical (unpaired) electrons. The first kappa shape index (κ1) is 15.6. The van der Waals surface area contributed by atoms with Gasteiger partial charge < -0.3 is 15.2 Å². The third kappa shape index (κ3) is 3.92. The number of carbonyl (C=O) groups excluding carboxylic acids is 1. The van der Waals surface area contributed by atoms with Crippen molar-refractivity contribution in [3.63, 3.8) is 0 Å². The molecule has 0 unspecified atom stereocenters. The zero-order valence-corrected chi connectivity index (χ0v) is 13.3. The monoisotopic (exact) mass is 324 g/mol. The van der Waals surface area contributed by atoms with Crippen molar-refractivity contribution in [2.24, 2.45) is 0 Å². The van der Waals surface area contributed by atoms with E-state index in [0.29, 0.717) is 29.8 Å². The normalized spacial score (nSPS) is 10.4. The number of hydrogen-bond acceptors (Lipinski definition) is 7. The molecule has 0 aliphatic carbocycles. The van der Waals surface area contributed by atoms with E-state index < -0.39 is 0 Å². The Morgan fingerprint density at radius 2 is 2.12 bits per heavy atom. The molecule has 3 aromatic heterocycles. The lowest BCUT2D eigenvalue weighted by molar-refractivity contribution is 0.102. The second-order valence-electron chi connectivity index (χ2n) is 5.21. The molecule has 0 spiro atoms. The molecule has 8 nitrogen and oxygen atoms in total. The van der Waals surface area contributed by atoms with E-state index >= 15 is 0 Å². The number of amides is 1. The van der Waals surface area contributed by atoms with E-state index in [2.05, 4.69) is 30.7 Å². The molecule has 0 saturated carbocycles. The van der Waals surface area contributed by atoms with Crippen LogP contribution in [0.5, 0.6) is 0 Å². The summed E-state index contributed by atoms with van der Waals surface area (Å²) in [6.45, 7) is 4.06. The van der Waals surface area contributed by atoms with Gasteiger partial charge in [-0.2, -0.15) is 0 Å². The SMILES string of the molecule is Cc1cc(C(=O)Nc2cc(C)on2)nc(NCc2cccnc2)n1. The standard InChI is InChI=1S/C16H16N6O2/c1-10-6-13(15(23)21-14-7-11(2)24-22-14)20-16(19-10)18-9-12-4-3-5-17-8-12/h3-8H,9H2,1-2H3,(H,18,19,20)(H,21,22,23). The van der Waals surface area contributed by atoms with Gasteiger partial charge in [0.25, 0.3) is 5.91 Å². The molecule has 3 rings (SSSR count). The minimum absolute atomic E-state index is 0.247. The van der Waals surface area contributed by atoms with Crippen molar-refractivity contribution in [3.8, 4) is 0 Å². The van der Waals surface area contributed by atoms with Crippen LogP contribution in [0.15, 0.2) is 41.2 Å². The summed E-state index contributed by atoms with van der Waals surface area (Å²) in [5, 5.41) is 9.45. The van der Waals surface area contributed by atoms with Crippen LogP contribution in [0.1, 0.15) is 27.5 Å². The molecule has 0 saturated heterocycles. The second kappa shape index (κ2) is 6.86. The van der Waals surface area contributed by atoms with E-state index in [9.17, 15) is 4.79 Å².